The van der Waals surface area contributed by atoms with Crippen molar-refractivity contribution in [3.63, 3.8) is 0 Å². The predicted octanol–water partition coefficient (Wildman–Crippen LogP) is 4.93. The third-order valence-corrected chi connectivity index (χ3v) is 4.59. The van der Waals surface area contributed by atoms with Gasteiger partial charge in [0.25, 0.3) is 5.69 Å². The Morgan fingerprint density at radius 2 is 1.58 bits per heavy atom. The van der Waals surface area contributed by atoms with E-state index in [-0.39, 0.29) is 29.0 Å². The Morgan fingerprint density at radius 1 is 0.972 bits per heavy atom. The molecule has 0 aliphatic heterocycles. The number of carbonyl (C=O) groups excluding carboxylic acids is 1. The van der Waals surface area contributed by atoms with Crippen LogP contribution in [-0.2, 0) is 0 Å². The summed E-state index contributed by atoms with van der Waals surface area (Å²) >= 11 is 0. The van der Waals surface area contributed by atoms with Gasteiger partial charge in [-0.25, -0.2) is 4.79 Å². The second kappa shape index (κ2) is 9.61. The van der Waals surface area contributed by atoms with Crippen LogP contribution < -0.4 is 20.5 Å². The van der Waals surface area contributed by atoms with E-state index in [1.807, 2.05) is 0 Å². The van der Waals surface area contributed by atoms with Crippen LogP contribution in [0.3, 0.4) is 0 Å². The molecule has 0 radical (unpaired) electrons. The molecule has 1 aromatic heterocycles. The number of alkyl halides is 3. The van der Waals surface area contributed by atoms with Crippen LogP contribution >= 0.6 is 0 Å². The van der Waals surface area contributed by atoms with E-state index in [4.69, 9.17) is 10.5 Å². The Morgan fingerprint density at radius 3 is 2.17 bits per heavy atom. The van der Waals surface area contributed by atoms with E-state index < -0.39 is 17.4 Å². The molecule has 0 atom stereocenters. The molecule has 0 fully saturated rings. The lowest BCUT2D eigenvalue weighted by molar-refractivity contribution is -0.384. The summed E-state index contributed by atoms with van der Waals surface area (Å²) in [6, 6.07) is 16.3. The third kappa shape index (κ3) is 5.85. The first-order valence-corrected chi connectivity index (χ1v) is 10.00. The van der Waals surface area contributed by atoms with Crippen molar-refractivity contribution in [1.82, 2.24) is 14.8 Å². The molecule has 14 heteroatoms. The molecule has 184 valence electrons. The van der Waals surface area contributed by atoms with Gasteiger partial charge in [-0.1, -0.05) is 0 Å². The summed E-state index contributed by atoms with van der Waals surface area (Å²) in [6.45, 7) is 0. The fourth-order valence-corrected chi connectivity index (χ4v) is 3.01. The first-order chi connectivity index (χ1) is 17.1. The number of non-ortho nitro benzene ring substituents is 1. The van der Waals surface area contributed by atoms with Gasteiger partial charge >= 0.3 is 12.5 Å². The topological polar surface area (TPSA) is 147 Å². The maximum atomic E-state index is 12.3. The number of anilines is 2. The fraction of sp³-hybridized carbons (Fsp3) is 0.0455. The second-order valence-electron chi connectivity index (χ2n) is 7.09. The Bertz CT molecular complexity index is 1390. The van der Waals surface area contributed by atoms with Crippen LogP contribution in [0, 0.1) is 10.1 Å². The number of nitrogens with one attached hydrogen (secondary N) is 1. The van der Waals surface area contributed by atoms with Crippen molar-refractivity contribution in [2.75, 3.05) is 11.1 Å². The van der Waals surface area contributed by atoms with Gasteiger partial charge in [-0.2, -0.15) is 9.67 Å². The molecule has 4 rings (SSSR count). The highest BCUT2D eigenvalue weighted by Gasteiger charge is 2.31. The molecule has 0 saturated carbocycles. The standard InChI is InChI=1S/C22H15F3N6O5/c23-22(24,25)36-18-11-5-15(6-12-18)30-20(26)28-19(29-30)13-1-3-14(4-2-13)27-21(32)35-17-9-7-16(8-10-17)31(33)34/h1-12H,(H,27,32)(H2,26,28,29). The summed E-state index contributed by atoms with van der Waals surface area (Å²) in [7, 11) is 0. The van der Waals surface area contributed by atoms with Crippen molar-refractivity contribution < 1.29 is 32.4 Å². The van der Waals surface area contributed by atoms with Crippen molar-refractivity contribution in [2.45, 2.75) is 6.36 Å². The number of rotatable bonds is 6. The minimum absolute atomic E-state index is 0.00312. The fourth-order valence-electron chi connectivity index (χ4n) is 3.01. The lowest BCUT2D eigenvalue weighted by atomic mass is 10.2. The average molecular weight is 500 g/mol. The third-order valence-electron chi connectivity index (χ3n) is 4.59. The Balaban J connectivity index is 1.41. The summed E-state index contributed by atoms with van der Waals surface area (Å²) in [5.41, 5.74) is 7.08. The zero-order valence-corrected chi connectivity index (χ0v) is 18.0. The molecule has 0 unspecified atom stereocenters. The molecule has 0 saturated heterocycles. The first kappa shape index (κ1) is 24.0. The van der Waals surface area contributed by atoms with Gasteiger partial charge in [0.1, 0.15) is 11.5 Å². The van der Waals surface area contributed by atoms with E-state index in [0.29, 0.717) is 16.9 Å². The largest absolute Gasteiger partial charge is 0.573 e. The number of aromatic nitrogens is 3. The van der Waals surface area contributed by atoms with Crippen LogP contribution in [0.4, 0.5) is 35.3 Å². The zero-order chi connectivity index (χ0) is 25.9. The number of amides is 1. The number of hydrogen-bond acceptors (Lipinski definition) is 8. The number of ether oxygens (including phenoxy) is 2. The van der Waals surface area contributed by atoms with Crippen molar-refractivity contribution in [3.05, 3.63) is 82.9 Å². The minimum atomic E-state index is -4.80. The van der Waals surface area contributed by atoms with Crippen molar-refractivity contribution >= 4 is 23.4 Å². The Labute approximate surface area is 200 Å². The van der Waals surface area contributed by atoms with Crippen molar-refractivity contribution in [3.8, 4) is 28.6 Å². The summed E-state index contributed by atoms with van der Waals surface area (Å²) in [4.78, 5) is 26.4. The van der Waals surface area contributed by atoms with Crippen molar-refractivity contribution in [2.24, 2.45) is 0 Å². The molecule has 0 spiro atoms. The molecule has 0 bridgehead atoms. The summed E-state index contributed by atoms with van der Waals surface area (Å²) in [5, 5.41) is 17.5. The van der Waals surface area contributed by atoms with E-state index in [0.717, 1.165) is 12.1 Å². The van der Waals surface area contributed by atoms with Gasteiger partial charge in [0.2, 0.25) is 5.95 Å². The quantitative estimate of drug-likeness (QED) is 0.280. The van der Waals surface area contributed by atoms with Crippen LogP contribution in [0.1, 0.15) is 0 Å². The number of benzene rings is 3. The van der Waals surface area contributed by atoms with E-state index in [9.17, 15) is 28.1 Å². The molecule has 3 aromatic carbocycles. The second-order valence-corrected chi connectivity index (χ2v) is 7.09. The molecule has 36 heavy (non-hydrogen) atoms. The molecule has 3 N–H and O–H groups in total. The smallest absolute Gasteiger partial charge is 0.410 e. The molecular formula is C22H15F3N6O5. The SMILES string of the molecule is Nc1nc(-c2ccc(NC(=O)Oc3ccc([N+](=O)[O-])cc3)cc2)nn1-c1ccc(OC(F)(F)F)cc1. The number of carbonyl (C=O) groups is 1. The maximum Gasteiger partial charge on any atom is 0.573 e. The lowest BCUT2D eigenvalue weighted by Gasteiger charge is -2.09. The van der Waals surface area contributed by atoms with E-state index in [1.54, 1.807) is 24.3 Å². The molecule has 0 aliphatic carbocycles. The Hall–Kier alpha value is -5.14. The molecule has 11 nitrogen and oxygen atoms in total. The van der Waals surface area contributed by atoms with E-state index in [1.165, 1.54) is 41.1 Å². The van der Waals surface area contributed by atoms with E-state index in [2.05, 4.69) is 20.1 Å². The molecule has 1 heterocycles. The van der Waals surface area contributed by atoms with Gasteiger partial charge in [0.05, 0.1) is 10.6 Å². The van der Waals surface area contributed by atoms with Crippen LogP contribution in [0.15, 0.2) is 72.8 Å². The molecular weight excluding hydrogens is 485 g/mol. The molecule has 1 amide bonds. The van der Waals surface area contributed by atoms with Gasteiger partial charge in [-0.3, -0.25) is 15.4 Å². The van der Waals surface area contributed by atoms with Crippen LogP contribution in [0.25, 0.3) is 17.1 Å². The van der Waals surface area contributed by atoms with Gasteiger partial charge in [0.15, 0.2) is 5.82 Å². The van der Waals surface area contributed by atoms with Gasteiger partial charge in [0, 0.05) is 23.4 Å². The Kier molecular flexibility index (Phi) is 6.41. The maximum absolute atomic E-state index is 12.3. The van der Waals surface area contributed by atoms with Crippen LogP contribution in [-0.4, -0.2) is 32.1 Å². The summed E-state index contributed by atoms with van der Waals surface area (Å²) in [6.07, 6.45) is -5.61. The number of nitro benzene ring substituents is 1. The summed E-state index contributed by atoms with van der Waals surface area (Å²) in [5.74, 6) is -0.0234. The zero-order valence-electron chi connectivity index (χ0n) is 18.0. The number of hydrogen-bond donors (Lipinski definition) is 2. The monoisotopic (exact) mass is 500 g/mol. The van der Waals surface area contributed by atoms with Gasteiger partial charge in [-0.15, -0.1) is 18.3 Å². The van der Waals surface area contributed by atoms with E-state index >= 15 is 0 Å². The highest BCUT2D eigenvalue weighted by Crippen LogP contribution is 2.26. The molecule has 0 aliphatic rings. The minimum Gasteiger partial charge on any atom is -0.410 e. The van der Waals surface area contributed by atoms with Gasteiger partial charge in [-0.05, 0) is 60.7 Å². The van der Waals surface area contributed by atoms with Crippen molar-refractivity contribution in [1.29, 1.82) is 0 Å². The van der Waals surface area contributed by atoms with Crippen LogP contribution in [0.2, 0.25) is 0 Å². The highest BCUT2D eigenvalue weighted by atomic mass is 19.4. The summed E-state index contributed by atoms with van der Waals surface area (Å²) < 4.78 is 47.2. The highest BCUT2D eigenvalue weighted by molar-refractivity contribution is 5.86. The predicted molar refractivity (Wildman–Crippen MR) is 121 cm³/mol. The van der Waals surface area contributed by atoms with Gasteiger partial charge < -0.3 is 15.2 Å². The number of nitrogens with zero attached hydrogens (tertiary/aromatic N) is 4. The number of nitro groups is 1. The molecule has 4 aromatic rings. The normalized spacial score (nSPS) is 11.1. The number of halogens is 3. The number of nitrogen functional groups attached to an aromatic ring is 1. The average Bonchev–Trinajstić information content (AvgIpc) is 3.21. The number of nitrogens with two attached hydrogens (primary N) is 1. The van der Waals surface area contributed by atoms with Crippen LogP contribution in [0.5, 0.6) is 11.5 Å². The lowest BCUT2D eigenvalue weighted by Crippen LogP contribution is -2.17. The first-order valence-electron chi connectivity index (χ1n) is 10.00.